The summed E-state index contributed by atoms with van der Waals surface area (Å²) >= 11 is 1.89. The molecule has 2 aromatic heterocycles. The molecule has 2 aromatic rings. The molecule has 0 saturated carbocycles. The largest absolute Gasteiger partial charge is 0.383 e. The van der Waals surface area contributed by atoms with Crippen molar-refractivity contribution in [2.24, 2.45) is 4.99 Å². The zero-order valence-corrected chi connectivity index (χ0v) is 17.6. The molecule has 0 radical (unpaired) electrons. The van der Waals surface area contributed by atoms with Gasteiger partial charge in [0.05, 0.1) is 18.3 Å². The smallest absolute Gasteiger partial charge is 0.160 e. The summed E-state index contributed by atoms with van der Waals surface area (Å²) in [6, 6.07) is 6.41. The zero-order chi connectivity index (χ0) is 19.1. The number of methoxy groups -OCH3 is 1. The highest BCUT2D eigenvalue weighted by molar-refractivity contribution is 8.14. The van der Waals surface area contributed by atoms with Crippen molar-refractivity contribution >= 4 is 16.9 Å². The number of aliphatic imine (C=N–C) groups is 1. The lowest BCUT2D eigenvalue weighted by Gasteiger charge is -2.28. The van der Waals surface area contributed by atoms with Gasteiger partial charge in [-0.15, -0.1) is 0 Å². The molecule has 0 amide bonds. The van der Waals surface area contributed by atoms with Crippen molar-refractivity contribution in [2.45, 2.75) is 51.6 Å². The van der Waals surface area contributed by atoms with Crippen LogP contribution >= 0.6 is 11.8 Å². The van der Waals surface area contributed by atoms with Gasteiger partial charge < -0.3 is 14.2 Å². The van der Waals surface area contributed by atoms with Crippen LogP contribution in [-0.4, -0.2) is 45.1 Å². The standard InChI is InChI=1S/C21H28N4OS/c1-13-12-25-20(18-14(2)15(3)24(16(18)4)10-11-26-5)19(23-21(25)27-13)17-8-6-7-9-22-17/h6-9,13,19-20H,10-12H2,1-5H3. The molecule has 27 heavy (non-hydrogen) atoms. The Hall–Kier alpha value is -1.79. The van der Waals surface area contributed by atoms with Gasteiger partial charge in [-0.2, -0.15) is 0 Å². The second-order valence-corrected chi connectivity index (χ2v) is 8.90. The summed E-state index contributed by atoms with van der Waals surface area (Å²) in [6.07, 6.45) is 1.88. The van der Waals surface area contributed by atoms with Gasteiger partial charge in [-0.05, 0) is 38.5 Å². The monoisotopic (exact) mass is 384 g/mol. The van der Waals surface area contributed by atoms with Crippen molar-refractivity contribution < 1.29 is 4.74 Å². The molecular weight excluding hydrogens is 356 g/mol. The number of thioether (sulfide) groups is 1. The van der Waals surface area contributed by atoms with E-state index < -0.39 is 0 Å². The fraction of sp³-hybridized carbons (Fsp3) is 0.524. The van der Waals surface area contributed by atoms with Crippen molar-refractivity contribution in [1.82, 2.24) is 14.5 Å². The predicted molar refractivity (Wildman–Crippen MR) is 111 cm³/mol. The summed E-state index contributed by atoms with van der Waals surface area (Å²) in [5.41, 5.74) is 6.49. The number of hydrogen-bond donors (Lipinski definition) is 0. The first-order valence-electron chi connectivity index (χ1n) is 9.60. The van der Waals surface area contributed by atoms with E-state index in [1.54, 1.807) is 7.11 Å². The van der Waals surface area contributed by atoms with Gasteiger partial charge in [-0.25, -0.2) is 0 Å². The predicted octanol–water partition coefficient (Wildman–Crippen LogP) is 4.04. The second kappa shape index (κ2) is 7.32. The Bertz CT molecular complexity index is 861. The fourth-order valence-corrected chi connectivity index (χ4v) is 5.54. The van der Waals surface area contributed by atoms with Crippen LogP contribution < -0.4 is 0 Å². The van der Waals surface area contributed by atoms with Gasteiger partial charge in [-0.1, -0.05) is 24.8 Å². The van der Waals surface area contributed by atoms with E-state index >= 15 is 0 Å². The zero-order valence-electron chi connectivity index (χ0n) is 16.8. The van der Waals surface area contributed by atoms with Crippen LogP contribution in [0.2, 0.25) is 0 Å². The average molecular weight is 385 g/mol. The third kappa shape index (κ3) is 3.09. The van der Waals surface area contributed by atoms with Gasteiger partial charge >= 0.3 is 0 Å². The summed E-state index contributed by atoms with van der Waals surface area (Å²) in [4.78, 5) is 12.3. The molecule has 0 aliphatic carbocycles. The van der Waals surface area contributed by atoms with Crippen molar-refractivity contribution in [3.05, 3.63) is 52.6 Å². The lowest BCUT2D eigenvalue weighted by Crippen LogP contribution is -2.29. The van der Waals surface area contributed by atoms with Crippen LogP contribution in [0, 0.1) is 20.8 Å². The van der Waals surface area contributed by atoms with E-state index in [1.165, 1.54) is 27.7 Å². The molecule has 1 fully saturated rings. The molecule has 0 N–H and O–H groups in total. The fourth-order valence-electron chi connectivity index (χ4n) is 4.45. The van der Waals surface area contributed by atoms with Crippen molar-refractivity contribution in [3.63, 3.8) is 0 Å². The molecular formula is C21H28N4OS. The molecule has 1 saturated heterocycles. The highest BCUT2D eigenvalue weighted by Gasteiger charge is 2.45. The summed E-state index contributed by atoms with van der Waals surface area (Å²) in [7, 11) is 1.76. The topological polar surface area (TPSA) is 42.6 Å². The Morgan fingerprint density at radius 1 is 1.22 bits per heavy atom. The second-order valence-electron chi connectivity index (χ2n) is 7.49. The Morgan fingerprint density at radius 3 is 2.74 bits per heavy atom. The number of aromatic nitrogens is 2. The van der Waals surface area contributed by atoms with Gasteiger partial charge in [0.1, 0.15) is 6.04 Å². The summed E-state index contributed by atoms with van der Waals surface area (Å²) in [5, 5.41) is 1.75. The molecule has 2 aliphatic heterocycles. The average Bonchev–Trinajstić information content (AvgIpc) is 3.25. The van der Waals surface area contributed by atoms with Crippen LogP contribution in [0.3, 0.4) is 0 Å². The number of amidine groups is 1. The van der Waals surface area contributed by atoms with Gasteiger partial charge in [0.25, 0.3) is 0 Å². The maximum Gasteiger partial charge on any atom is 0.160 e. The normalized spacial score (nSPS) is 24.4. The number of ether oxygens (including phenoxy) is 1. The minimum atomic E-state index is 0.0521. The van der Waals surface area contributed by atoms with Crippen LogP contribution in [0.25, 0.3) is 0 Å². The molecule has 4 heterocycles. The highest BCUT2D eigenvalue weighted by Crippen LogP contribution is 2.49. The van der Waals surface area contributed by atoms with Crippen LogP contribution in [0.1, 0.15) is 47.2 Å². The number of rotatable bonds is 5. The lowest BCUT2D eigenvalue weighted by atomic mass is 9.93. The highest BCUT2D eigenvalue weighted by atomic mass is 32.2. The first-order chi connectivity index (χ1) is 13.0. The van der Waals surface area contributed by atoms with E-state index in [0.29, 0.717) is 5.25 Å². The van der Waals surface area contributed by atoms with Crippen molar-refractivity contribution in [3.8, 4) is 0 Å². The van der Waals surface area contributed by atoms with Crippen LogP contribution in [0.4, 0.5) is 0 Å². The minimum absolute atomic E-state index is 0.0521. The van der Waals surface area contributed by atoms with Crippen LogP contribution in [0.15, 0.2) is 29.4 Å². The summed E-state index contributed by atoms with van der Waals surface area (Å²) in [5.74, 6) is 0. The molecule has 3 unspecified atom stereocenters. The molecule has 2 aliphatic rings. The first-order valence-corrected chi connectivity index (χ1v) is 10.5. The minimum Gasteiger partial charge on any atom is -0.383 e. The van der Waals surface area contributed by atoms with E-state index in [1.807, 2.05) is 24.0 Å². The lowest BCUT2D eigenvalue weighted by molar-refractivity contribution is 0.186. The first kappa shape index (κ1) is 18.6. The molecule has 3 atom stereocenters. The molecule has 144 valence electrons. The van der Waals surface area contributed by atoms with Gasteiger partial charge in [0.15, 0.2) is 5.17 Å². The maximum atomic E-state index is 5.34. The van der Waals surface area contributed by atoms with Gasteiger partial charge in [0, 0.05) is 48.6 Å². The number of hydrogen-bond acceptors (Lipinski definition) is 5. The number of nitrogens with zero attached hydrogens (tertiary/aromatic N) is 4. The van der Waals surface area contributed by atoms with Crippen LogP contribution in [0.5, 0.6) is 0 Å². The Balaban J connectivity index is 1.81. The van der Waals surface area contributed by atoms with E-state index in [4.69, 9.17) is 9.73 Å². The third-order valence-corrected chi connectivity index (χ3v) is 6.94. The number of pyridine rings is 1. The SMILES string of the molecule is COCCn1c(C)c(C)c(C2C(c3ccccn3)N=C3SC(C)CN32)c1C. The Labute approximate surface area is 165 Å². The summed E-state index contributed by atoms with van der Waals surface area (Å²) < 4.78 is 7.73. The molecule has 6 heteroatoms. The van der Waals surface area contributed by atoms with E-state index in [-0.39, 0.29) is 12.1 Å². The molecule has 0 bridgehead atoms. The van der Waals surface area contributed by atoms with E-state index in [0.717, 1.165) is 25.4 Å². The molecule has 5 nitrogen and oxygen atoms in total. The van der Waals surface area contributed by atoms with Gasteiger partial charge in [-0.3, -0.25) is 9.98 Å². The Morgan fingerprint density at radius 2 is 2.04 bits per heavy atom. The maximum absolute atomic E-state index is 5.34. The van der Waals surface area contributed by atoms with E-state index in [9.17, 15) is 0 Å². The Kier molecular flexibility index (Phi) is 5.03. The molecule has 0 spiro atoms. The van der Waals surface area contributed by atoms with Gasteiger partial charge in [0.2, 0.25) is 0 Å². The quantitative estimate of drug-likeness (QED) is 0.780. The molecule has 0 aromatic carbocycles. The number of fused-ring (bicyclic) bond motifs is 1. The molecule has 4 rings (SSSR count). The van der Waals surface area contributed by atoms with Crippen molar-refractivity contribution in [2.75, 3.05) is 20.3 Å². The van der Waals surface area contributed by atoms with Crippen LogP contribution in [-0.2, 0) is 11.3 Å². The third-order valence-electron chi connectivity index (χ3n) is 5.84. The van der Waals surface area contributed by atoms with E-state index in [2.05, 4.69) is 54.3 Å². The van der Waals surface area contributed by atoms with Crippen molar-refractivity contribution in [1.29, 1.82) is 0 Å². The summed E-state index contributed by atoms with van der Waals surface area (Å²) in [6.45, 7) is 11.6.